The number of carboxylic acids is 2. The number of hydrogen-bond acceptors (Lipinski definition) is 3. The van der Waals surface area contributed by atoms with E-state index in [1.807, 2.05) is 0 Å². The Bertz CT molecular complexity index is 239. The normalized spacial score (nSPS) is 10.7. The SMILES string of the molecule is O=C(O)CCCCCCCCCCCCCOCC(=O)O. The van der Waals surface area contributed by atoms with E-state index in [2.05, 4.69) is 0 Å². The van der Waals surface area contributed by atoms with Gasteiger partial charge in [0.15, 0.2) is 0 Å². The predicted molar refractivity (Wildman–Crippen MR) is 81.5 cm³/mol. The van der Waals surface area contributed by atoms with Crippen LogP contribution in [0.3, 0.4) is 0 Å². The fraction of sp³-hybridized carbons (Fsp3) is 0.875. The lowest BCUT2D eigenvalue weighted by molar-refractivity contribution is -0.142. The van der Waals surface area contributed by atoms with Gasteiger partial charge in [-0.1, -0.05) is 57.8 Å². The van der Waals surface area contributed by atoms with Crippen molar-refractivity contribution in [2.75, 3.05) is 13.2 Å². The van der Waals surface area contributed by atoms with Crippen molar-refractivity contribution >= 4 is 11.9 Å². The van der Waals surface area contributed by atoms with E-state index in [9.17, 15) is 9.59 Å². The third-order valence-corrected chi connectivity index (χ3v) is 3.40. The van der Waals surface area contributed by atoms with Gasteiger partial charge in [-0.05, 0) is 12.8 Å². The van der Waals surface area contributed by atoms with Crippen LogP contribution in [-0.2, 0) is 14.3 Å². The molecule has 0 aliphatic carbocycles. The van der Waals surface area contributed by atoms with Crippen LogP contribution in [0.15, 0.2) is 0 Å². The first-order valence-electron chi connectivity index (χ1n) is 8.14. The monoisotopic (exact) mass is 302 g/mol. The van der Waals surface area contributed by atoms with E-state index in [-0.39, 0.29) is 6.61 Å². The van der Waals surface area contributed by atoms with Gasteiger partial charge >= 0.3 is 11.9 Å². The van der Waals surface area contributed by atoms with E-state index in [0.29, 0.717) is 13.0 Å². The van der Waals surface area contributed by atoms with E-state index < -0.39 is 11.9 Å². The first-order valence-corrected chi connectivity index (χ1v) is 8.14. The maximum absolute atomic E-state index is 10.3. The minimum atomic E-state index is -0.905. The van der Waals surface area contributed by atoms with Crippen molar-refractivity contribution in [2.45, 2.75) is 77.0 Å². The van der Waals surface area contributed by atoms with Gasteiger partial charge in [0.25, 0.3) is 0 Å². The molecule has 0 saturated heterocycles. The zero-order chi connectivity index (χ0) is 15.8. The minimum absolute atomic E-state index is 0.188. The van der Waals surface area contributed by atoms with Crippen molar-refractivity contribution in [3.05, 3.63) is 0 Å². The molecule has 0 saturated carbocycles. The van der Waals surface area contributed by atoms with Crippen molar-refractivity contribution in [1.82, 2.24) is 0 Å². The van der Waals surface area contributed by atoms with Crippen LogP contribution in [-0.4, -0.2) is 35.4 Å². The highest BCUT2D eigenvalue weighted by atomic mass is 16.5. The van der Waals surface area contributed by atoms with E-state index in [1.54, 1.807) is 0 Å². The number of carboxylic acid groups (broad SMARTS) is 2. The van der Waals surface area contributed by atoms with Gasteiger partial charge in [-0.25, -0.2) is 4.79 Å². The van der Waals surface area contributed by atoms with Crippen molar-refractivity contribution < 1.29 is 24.5 Å². The molecule has 21 heavy (non-hydrogen) atoms. The summed E-state index contributed by atoms with van der Waals surface area (Å²) >= 11 is 0. The highest BCUT2D eigenvalue weighted by molar-refractivity contribution is 5.68. The van der Waals surface area contributed by atoms with Crippen LogP contribution in [0.4, 0.5) is 0 Å². The molecular formula is C16H30O5. The van der Waals surface area contributed by atoms with Gasteiger partial charge in [0.1, 0.15) is 6.61 Å². The van der Waals surface area contributed by atoms with Crippen LogP contribution < -0.4 is 0 Å². The highest BCUT2D eigenvalue weighted by Crippen LogP contribution is 2.11. The molecule has 0 spiro atoms. The number of ether oxygens (including phenoxy) is 1. The Kier molecular flexibility index (Phi) is 14.5. The van der Waals surface area contributed by atoms with E-state index >= 15 is 0 Å². The number of carbonyl (C=O) groups is 2. The first kappa shape index (κ1) is 19.9. The average molecular weight is 302 g/mol. The molecule has 0 aliphatic heterocycles. The van der Waals surface area contributed by atoms with Gasteiger partial charge in [-0.2, -0.15) is 0 Å². The maximum atomic E-state index is 10.3. The van der Waals surface area contributed by atoms with Gasteiger partial charge in [0.2, 0.25) is 0 Å². The molecule has 124 valence electrons. The predicted octanol–water partition coefficient (Wildman–Crippen LogP) is 3.85. The van der Waals surface area contributed by atoms with Crippen molar-refractivity contribution in [3.63, 3.8) is 0 Å². The standard InChI is InChI=1S/C16H30O5/c17-15(18)12-10-8-6-4-2-1-3-5-7-9-11-13-21-14-16(19)20/h1-14H2,(H,17,18)(H,19,20). The van der Waals surface area contributed by atoms with Crippen molar-refractivity contribution in [1.29, 1.82) is 0 Å². The van der Waals surface area contributed by atoms with Gasteiger partial charge in [0.05, 0.1) is 0 Å². The summed E-state index contributed by atoms with van der Waals surface area (Å²) in [6.07, 6.45) is 12.7. The van der Waals surface area contributed by atoms with E-state index in [0.717, 1.165) is 32.1 Å². The number of rotatable bonds is 16. The summed E-state index contributed by atoms with van der Waals surface area (Å²) in [5.74, 6) is -1.60. The number of aliphatic carboxylic acids is 2. The molecule has 5 nitrogen and oxygen atoms in total. The third kappa shape index (κ3) is 18.9. The van der Waals surface area contributed by atoms with Gasteiger partial charge < -0.3 is 14.9 Å². The highest BCUT2D eigenvalue weighted by Gasteiger charge is 1.98. The van der Waals surface area contributed by atoms with Crippen LogP contribution in [0.2, 0.25) is 0 Å². The molecule has 2 N–H and O–H groups in total. The Morgan fingerprint density at radius 1 is 0.619 bits per heavy atom. The third-order valence-electron chi connectivity index (χ3n) is 3.40. The molecule has 0 rings (SSSR count). The van der Waals surface area contributed by atoms with Crippen LogP contribution in [0.25, 0.3) is 0 Å². The Hall–Kier alpha value is -1.10. The Morgan fingerprint density at radius 2 is 1.05 bits per heavy atom. The molecular weight excluding hydrogens is 272 g/mol. The first-order chi connectivity index (χ1) is 10.1. The maximum Gasteiger partial charge on any atom is 0.329 e. The van der Waals surface area contributed by atoms with Crippen molar-refractivity contribution in [3.8, 4) is 0 Å². The Labute approximate surface area is 127 Å². The molecule has 0 radical (unpaired) electrons. The van der Waals surface area contributed by atoms with Crippen LogP contribution in [0.1, 0.15) is 77.0 Å². The Morgan fingerprint density at radius 3 is 1.48 bits per heavy atom. The molecule has 0 amide bonds. The second-order valence-corrected chi connectivity index (χ2v) is 5.48. The summed E-state index contributed by atoms with van der Waals surface area (Å²) < 4.78 is 4.97. The summed E-state index contributed by atoms with van der Waals surface area (Å²) in [4.78, 5) is 20.5. The second-order valence-electron chi connectivity index (χ2n) is 5.48. The molecule has 5 heteroatoms. The molecule has 0 aromatic heterocycles. The lowest BCUT2D eigenvalue weighted by atomic mass is 10.1. The molecule has 0 atom stereocenters. The summed E-state index contributed by atoms with van der Waals surface area (Å²) in [5.41, 5.74) is 0. The summed E-state index contributed by atoms with van der Waals surface area (Å²) in [6, 6.07) is 0. The van der Waals surface area contributed by atoms with Gasteiger partial charge in [0, 0.05) is 13.0 Å². The van der Waals surface area contributed by atoms with Crippen LogP contribution in [0, 0.1) is 0 Å². The fourth-order valence-electron chi connectivity index (χ4n) is 2.23. The molecule has 0 aromatic carbocycles. The fourth-order valence-corrected chi connectivity index (χ4v) is 2.23. The zero-order valence-corrected chi connectivity index (χ0v) is 13.0. The van der Waals surface area contributed by atoms with Crippen LogP contribution >= 0.6 is 0 Å². The van der Waals surface area contributed by atoms with E-state index in [1.165, 1.54) is 38.5 Å². The van der Waals surface area contributed by atoms with E-state index in [4.69, 9.17) is 14.9 Å². The smallest absolute Gasteiger partial charge is 0.329 e. The van der Waals surface area contributed by atoms with Gasteiger partial charge in [-0.15, -0.1) is 0 Å². The van der Waals surface area contributed by atoms with Gasteiger partial charge in [-0.3, -0.25) is 4.79 Å². The molecule has 0 unspecified atom stereocenters. The zero-order valence-electron chi connectivity index (χ0n) is 13.0. The topological polar surface area (TPSA) is 83.8 Å². The molecule has 0 aromatic rings. The number of unbranched alkanes of at least 4 members (excludes halogenated alkanes) is 10. The summed E-state index contributed by atoms with van der Waals surface area (Å²) in [6.45, 7) is 0.356. The van der Waals surface area contributed by atoms with Crippen LogP contribution in [0.5, 0.6) is 0 Å². The lowest BCUT2D eigenvalue weighted by Crippen LogP contribution is -2.07. The summed E-state index contributed by atoms with van der Waals surface area (Å²) in [5, 5.41) is 16.9. The largest absolute Gasteiger partial charge is 0.481 e. The quantitative estimate of drug-likeness (QED) is 0.423. The molecule has 0 heterocycles. The summed E-state index contributed by atoms with van der Waals surface area (Å²) in [7, 11) is 0. The minimum Gasteiger partial charge on any atom is -0.481 e. The lowest BCUT2D eigenvalue weighted by Gasteiger charge is -2.03. The molecule has 0 aliphatic rings. The number of hydrogen-bond donors (Lipinski definition) is 2. The van der Waals surface area contributed by atoms with Crippen molar-refractivity contribution in [2.24, 2.45) is 0 Å². The Balaban J connectivity index is 2.99. The second kappa shape index (κ2) is 15.3. The average Bonchev–Trinajstić information content (AvgIpc) is 2.42. The molecule has 0 bridgehead atoms. The molecule has 0 fully saturated rings.